The fourth-order valence-electron chi connectivity index (χ4n) is 3.74. The highest BCUT2D eigenvalue weighted by molar-refractivity contribution is 6.42. The van der Waals surface area contributed by atoms with E-state index in [-0.39, 0.29) is 11.9 Å². The molecule has 7 heteroatoms. The van der Waals surface area contributed by atoms with E-state index in [2.05, 4.69) is 23.4 Å². The highest BCUT2D eigenvalue weighted by Crippen LogP contribution is 2.23. The lowest BCUT2D eigenvalue weighted by atomic mass is 10.0. The molecule has 0 aromatic heterocycles. The summed E-state index contributed by atoms with van der Waals surface area (Å²) >= 11 is 12.0. The summed E-state index contributed by atoms with van der Waals surface area (Å²) in [5.41, 5.74) is 8.43. The lowest BCUT2D eigenvalue weighted by Crippen LogP contribution is -2.48. The summed E-state index contributed by atoms with van der Waals surface area (Å²) in [4.78, 5) is 16.4. The van der Waals surface area contributed by atoms with Gasteiger partial charge in [0.15, 0.2) is 0 Å². The molecule has 3 N–H and O–H groups in total. The Hall–Kier alpha value is -2.21. The van der Waals surface area contributed by atoms with Gasteiger partial charge >= 0.3 is 0 Å². The third-order valence-corrected chi connectivity index (χ3v) is 6.13. The molecule has 0 unspecified atom stereocenters. The van der Waals surface area contributed by atoms with Crippen LogP contribution in [0.5, 0.6) is 0 Å². The largest absolute Gasteiger partial charge is 0.384 e. The van der Waals surface area contributed by atoms with Gasteiger partial charge in [-0.15, -0.1) is 0 Å². The second-order valence-electron chi connectivity index (χ2n) is 7.59. The summed E-state index contributed by atoms with van der Waals surface area (Å²) in [5.74, 6) is 0.375. The van der Waals surface area contributed by atoms with Gasteiger partial charge < -0.3 is 16.0 Å². The van der Waals surface area contributed by atoms with Crippen LogP contribution in [0.15, 0.2) is 67.2 Å². The molecule has 1 amide bonds. The van der Waals surface area contributed by atoms with Gasteiger partial charge in [-0.05, 0) is 42.5 Å². The number of rotatable bonds is 10. The molecule has 1 aromatic rings. The maximum Gasteiger partial charge on any atom is 0.225 e. The van der Waals surface area contributed by atoms with Crippen LogP contribution in [0.4, 0.5) is 0 Å². The first kappa shape index (κ1) is 25.1. The Morgan fingerprint density at radius 2 is 2.00 bits per heavy atom. The van der Waals surface area contributed by atoms with Crippen molar-refractivity contribution < 1.29 is 4.79 Å². The molecule has 0 aliphatic carbocycles. The molecule has 0 saturated carbocycles. The van der Waals surface area contributed by atoms with Crippen LogP contribution in [0.1, 0.15) is 31.7 Å². The number of carbonyl (C=O) groups is 1. The van der Waals surface area contributed by atoms with Gasteiger partial charge in [-0.25, -0.2) is 0 Å². The lowest BCUT2D eigenvalue weighted by molar-refractivity contribution is -0.129. The van der Waals surface area contributed by atoms with Gasteiger partial charge in [-0.2, -0.15) is 0 Å². The molecule has 31 heavy (non-hydrogen) atoms. The summed E-state index contributed by atoms with van der Waals surface area (Å²) in [7, 11) is 0. The Morgan fingerprint density at radius 3 is 2.58 bits per heavy atom. The number of carbonyl (C=O) groups excluding carboxylic acids is 1. The predicted molar refractivity (Wildman–Crippen MR) is 131 cm³/mol. The Morgan fingerprint density at radius 1 is 1.29 bits per heavy atom. The highest BCUT2D eigenvalue weighted by Gasteiger charge is 2.27. The normalized spacial score (nSPS) is 16.1. The van der Waals surface area contributed by atoms with E-state index in [9.17, 15) is 4.79 Å². The van der Waals surface area contributed by atoms with E-state index in [0.717, 1.165) is 44.5 Å². The van der Waals surface area contributed by atoms with Gasteiger partial charge in [0.2, 0.25) is 5.91 Å². The number of hydrogen-bond acceptors (Lipinski definition) is 4. The zero-order valence-corrected chi connectivity index (χ0v) is 19.6. The fourth-order valence-corrected chi connectivity index (χ4v) is 4.06. The number of halogens is 2. The number of benzene rings is 1. The minimum atomic E-state index is -0.0496. The van der Waals surface area contributed by atoms with Crippen LogP contribution in [-0.4, -0.2) is 41.4 Å². The molecule has 1 fully saturated rings. The van der Waals surface area contributed by atoms with E-state index in [1.54, 1.807) is 36.2 Å². The first-order valence-corrected chi connectivity index (χ1v) is 11.2. The monoisotopic (exact) mass is 462 g/mol. The van der Waals surface area contributed by atoms with Crippen molar-refractivity contribution in [1.29, 1.82) is 0 Å². The molecule has 168 valence electrons. The number of allylic oxidation sites excluding steroid dienone is 3. The minimum Gasteiger partial charge on any atom is -0.384 e. The quantitative estimate of drug-likeness (QED) is 0.488. The molecule has 1 aromatic carbocycles. The standard InChI is InChI=1S/C24H32Cl2N4O/c1-4-6-19(5-2)9-12-29-13-10-21(11-14-29)30(18(3)31)24(27)17-28-16-20-7-8-22(25)23(26)15-20/h4-8,15,17,21,28H,1-2,9-14,16,27H2,3H3/b19-6+,24-17+. The SMILES string of the molecule is C=C/C=C(\C=C)CCN1CCC(N(C(C)=O)/C(N)=C/NCc2ccc(Cl)c(Cl)c2)CC1. The van der Waals surface area contributed by atoms with Crippen molar-refractivity contribution in [3.8, 4) is 0 Å². The van der Waals surface area contributed by atoms with Crippen molar-refractivity contribution in [3.05, 3.63) is 82.8 Å². The Kier molecular flexibility index (Phi) is 10.2. The second kappa shape index (κ2) is 12.6. The molecule has 0 atom stereocenters. The molecule has 0 bridgehead atoms. The van der Waals surface area contributed by atoms with Crippen molar-refractivity contribution in [3.63, 3.8) is 0 Å². The third kappa shape index (κ3) is 7.76. The summed E-state index contributed by atoms with van der Waals surface area (Å²) in [5, 5.41) is 4.20. The van der Waals surface area contributed by atoms with Gasteiger partial charge in [0.25, 0.3) is 0 Å². The number of nitrogens with zero attached hydrogens (tertiary/aromatic N) is 2. The number of amides is 1. The van der Waals surface area contributed by atoms with E-state index < -0.39 is 0 Å². The third-order valence-electron chi connectivity index (χ3n) is 5.39. The Balaban J connectivity index is 1.90. The lowest BCUT2D eigenvalue weighted by Gasteiger charge is -2.38. The summed E-state index contributed by atoms with van der Waals surface area (Å²) in [6.45, 7) is 12.5. The molecular weight excluding hydrogens is 431 g/mol. The van der Waals surface area contributed by atoms with E-state index in [1.165, 1.54) is 5.57 Å². The number of piperidine rings is 1. The minimum absolute atomic E-state index is 0.0496. The Labute approximate surface area is 195 Å². The molecule has 1 heterocycles. The first-order valence-electron chi connectivity index (χ1n) is 10.4. The van der Waals surface area contributed by atoms with E-state index in [0.29, 0.717) is 22.4 Å². The van der Waals surface area contributed by atoms with E-state index >= 15 is 0 Å². The second-order valence-corrected chi connectivity index (χ2v) is 8.41. The molecule has 0 spiro atoms. The van der Waals surface area contributed by atoms with Crippen LogP contribution in [0.2, 0.25) is 10.0 Å². The Bertz CT molecular complexity index is 842. The van der Waals surface area contributed by atoms with Crippen LogP contribution in [0, 0.1) is 0 Å². The number of hydrogen-bond donors (Lipinski definition) is 2. The molecule has 5 nitrogen and oxygen atoms in total. The average molecular weight is 463 g/mol. The van der Waals surface area contributed by atoms with E-state index in [1.807, 2.05) is 18.2 Å². The first-order chi connectivity index (χ1) is 14.8. The van der Waals surface area contributed by atoms with Gasteiger partial charge in [-0.1, -0.05) is 60.7 Å². The number of likely N-dealkylation sites (tertiary alicyclic amines) is 1. The maximum atomic E-state index is 12.3. The number of nitrogens with one attached hydrogen (secondary N) is 1. The van der Waals surface area contributed by atoms with Crippen molar-refractivity contribution in [2.75, 3.05) is 19.6 Å². The molecular formula is C24H32Cl2N4O. The molecule has 1 saturated heterocycles. The van der Waals surface area contributed by atoms with Crippen LogP contribution in [-0.2, 0) is 11.3 Å². The van der Waals surface area contributed by atoms with Crippen LogP contribution in [0.3, 0.4) is 0 Å². The van der Waals surface area contributed by atoms with Crippen LogP contribution >= 0.6 is 23.2 Å². The summed E-state index contributed by atoms with van der Waals surface area (Å²) in [6.07, 6.45) is 10.1. The summed E-state index contributed by atoms with van der Waals surface area (Å²) < 4.78 is 0. The van der Waals surface area contributed by atoms with Gasteiger partial charge in [0, 0.05) is 45.3 Å². The predicted octanol–water partition coefficient (Wildman–Crippen LogP) is 4.84. The van der Waals surface area contributed by atoms with Gasteiger partial charge in [0.05, 0.1) is 10.0 Å². The fraction of sp³-hybridized carbons (Fsp3) is 0.375. The van der Waals surface area contributed by atoms with Crippen LogP contribution < -0.4 is 11.1 Å². The van der Waals surface area contributed by atoms with Gasteiger partial charge in [0.1, 0.15) is 5.82 Å². The van der Waals surface area contributed by atoms with Crippen molar-refractivity contribution in [2.45, 2.75) is 38.8 Å². The average Bonchev–Trinajstić information content (AvgIpc) is 2.74. The molecule has 0 radical (unpaired) electrons. The molecule has 1 aliphatic heterocycles. The summed E-state index contributed by atoms with van der Waals surface area (Å²) in [6, 6.07) is 5.56. The smallest absolute Gasteiger partial charge is 0.225 e. The zero-order valence-electron chi connectivity index (χ0n) is 18.1. The zero-order chi connectivity index (χ0) is 22.8. The van der Waals surface area contributed by atoms with Crippen molar-refractivity contribution in [1.82, 2.24) is 15.1 Å². The highest BCUT2D eigenvalue weighted by atomic mass is 35.5. The molecule has 1 aliphatic rings. The van der Waals surface area contributed by atoms with Crippen LogP contribution in [0.25, 0.3) is 0 Å². The van der Waals surface area contributed by atoms with Crippen molar-refractivity contribution >= 4 is 29.1 Å². The number of nitrogens with two attached hydrogens (primary N) is 1. The van der Waals surface area contributed by atoms with Gasteiger partial charge in [-0.3, -0.25) is 9.69 Å². The maximum absolute atomic E-state index is 12.3. The van der Waals surface area contributed by atoms with E-state index in [4.69, 9.17) is 28.9 Å². The molecule has 2 rings (SSSR count). The topological polar surface area (TPSA) is 61.6 Å². The van der Waals surface area contributed by atoms with Crippen molar-refractivity contribution in [2.24, 2.45) is 5.73 Å².